The predicted molar refractivity (Wildman–Crippen MR) is 102 cm³/mol. The zero-order valence-electron chi connectivity index (χ0n) is 16.1. The van der Waals surface area contributed by atoms with Crippen LogP contribution >= 0.6 is 11.3 Å². The third-order valence-corrected chi connectivity index (χ3v) is 5.47. The van der Waals surface area contributed by atoms with Crippen molar-refractivity contribution in [1.82, 2.24) is 14.6 Å². The quantitative estimate of drug-likeness (QED) is 0.104. The number of carboxylic acid groups (broad SMARTS) is 1. The van der Waals surface area contributed by atoms with Crippen LogP contribution in [0.4, 0.5) is 5.13 Å². The SMILES string of the molecule is COC(=O)[C@@H]1[C@H](NC(=O)/C(=N/OC(C)(C)C(=O)O)c2csc(N)n2)C(=O)N1S(=O)(=O)O. The van der Waals surface area contributed by atoms with Crippen molar-refractivity contribution >= 4 is 56.2 Å². The number of hydrogen-bond acceptors (Lipinski definition) is 12. The molecule has 0 bridgehead atoms. The van der Waals surface area contributed by atoms with Crippen LogP contribution in [-0.2, 0) is 39.1 Å². The molecule has 0 aromatic carbocycles. The summed E-state index contributed by atoms with van der Waals surface area (Å²) in [5.74, 6) is -5.14. The molecule has 0 unspecified atom stereocenters. The molecule has 0 radical (unpaired) electrons. The Hall–Kier alpha value is -3.31. The van der Waals surface area contributed by atoms with Crippen molar-refractivity contribution in [2.45, 2.75) is 31.5 Å². The molecule has 0 aliphatic carbocycles. The van der Waals surface area contributed by atoms with Crippen molar-refractivity contribution in [3.63, 3.8) is 0 Å². The van der Waals surface area contributed by atoms with Gasteiger partial charge >= 0.3 is 22.2 Å². The molecule has 1 aliphatic heterocycles. The minimum Gasteiger partial charge on any atom is -0.478 e. The number of carbonyl (C=O) groups is 4. The van der Waals surface area contributed by atoms with Gasteiger partial charge in [-0.25, -0.2) is 14.6 Å². The third-order valence-electron chi connectivity index (χ3n) is 3.89. The van der Waals surface area contributed by atoms with Crippen LogP contribution in [0.25, 0.3) is 0 Å². The number of hydrogen-bond donors (Lipinski definition) is 4. The van der Waals surface area contributed by atoms with E-state index in [4.69, 9.17) is 20.2 Å². The lowest BCUT2D eigenvalue weighted by atomic mass is 9.98. The highest BCUT2D eigenvalue weighted by Crippen LogP contribution is 2.25. The molecule has 1 aromatic heterocycles. The number of aliphatic carboxylic acids is 1. The van der Waals surface area contributed by atoms with Gasteiger partial charge in [0.05, 0.1) is 7.11 Å². The highest BCUT2D eigenvalue weighted by atomic mass is 32.2. The van der Waals surface area contributed by atoms with E-state index in [9.17, 15) is 27.6 Å². The fraction of sp³-hybridized carbons (Fsp3) is 0.429. The number of anilines is 1. The Morgan fingerprint density at radius 3 is 2.45 bits per heavy atom. The Balaban J connectivity index is 2.36. The molecular formula is C14H17N5O10S2. The van der Waals surface area contributed by atoms with Gasteiger partial charge in [-0.2, -0.15) is 12.7 Å². The number of nitrogens with one attached hydrogen (secondary N) is 1. The first-order valence-corrected chi connectivity index (χ1v) is 10.4. The minimum atomic E-state index is -5.11. The second-order valence-corrected chi connectivity index (χ2v) is 8.63. The number of ether oxygens (including phenoxy) is 1. The van der Waals surface area contributed by atoms with Crippen molar-refractivity contribution in [3.8, 4) is 0 Å². The summed E-state index contributed by atoms with van der Waals surface area (Å²) in [5, 5.41) is 16.0. The number of carbonyl (C=O) groups excluding carboxylic acids is 3. The molecule has 1 saturated heterocycles. The van der Waals surface area contributed by atoms with E-state index in [2.05, 4.69) is 20.2 Å². The molecular weight excluding hydrogens is 462 g/mol. The minimum absolute atomic E-state index is 0.0256. The van der Waals surface area contributed by atoms with Crippen LogP contribution < -0.4 is 11.1 Å². The van der Waals surface area contributed by atoms with Crippen LogP contribution in [0.15, 0.2) is 10.5 Å². The summed E-state index contributed by atoms with van der Waals surface area (Å²) in [7, 11) is -4.21. The molecule has 2 rings (SSSR count). The number of methoxy groups -OCH3 is 1. The van der Waals surface area contributed by atoms with Gasteiger partial charge in [0.15, 0.2) is 16.9 Å². The fourth-order valence-corrected chi connectivity index (χ4v) is 3.61. The van der Waals surface area contributed by atoms with E-state index in [0.29, 0.717) is 0 Å². The molecule has 31 heavy (non-hydrogen) atoms. The first-order valence-electron chi connectivity index (χ1n) is 8.11. The molecule has 1 aliphatic rings. The Bertz CT molecular complexity index is 1060. The normalized spacial score (nSPS) is 19.4. The van der Waals surface area contributed by atoms with E-state index in [1.807, 2.05) is 0 Å². The molecule has 2 heterocycles. The molecule has 170 valence electrons. The fourth-order valence-electron chi connectivity index (χ4n) is 2.22. The van der Waals surface area contributed by atoms with Crippen LogP contribution in [0.1, 0.15) is 19.5 Å². The first kappa shape index (κ1) is 24.0. The molecule has 1 aromatic rings. The summed E-state index contributed by atoms with van der Waals surface area (Å²) in [5.41, 5.74) is 2.92. The highest BCUT2D eigenvalue weighted by Gasteiger charge is 2.58. The summed E-state index contributed by atoms with van der Waals surface area (Å²) in [4.78, 5) is 56.6. The smallest absolute Gasteiger partial charge is 0.363 e. The summed E-state index contributed by atoms with van der Waals surface area (Å²) >= 11 is 0.914. The standard InChI is InChI=1S/C14H17N5O10S2/c1-14(2,12(23)24)29-18-6(5-4-30-13(15)16-5)9(20)17-7-8(11(22)28-3)19(10(7)21)31(25,26)27/h4,7-8H,1-3H3,(H2,15,16)(H,17,20)(H,23,24)(H,25,26,27)/b18-6+/t7-,8-/m0/s1. The van der Waals surface area contributed by atoms with Gasteiger partial charge in [0, 0.05) is 5.38 Å². The maximum absolute atomic E-state index is 12.7. The van der Waals surface area contributed by atoms with Crippen molar-refractivity contribution in [2.24, 2.45) is 5.16 Å². The second kappa shape index (κ2) is 8.44. The van der Waals surface area contributed by atoms with Gasteiger partial charge in [0.2, 0.25) is 5.60 Å². The second-order valence-electron chi connectivity index (χ2n) is 6.45. The maximum atomic E-state index is 12.7. The average molecular weight is 479 g/mol. The van der Waals surface area contributed by atoms with Gasteiger partial charge in [-0.1, -0.05) is 5.16 Å². The summed E-state index contributed by atoms with van der Waals surface area (Å²) in [6.07, 6.45) is 0. The Morgan fingerprint density at radius 2 is 2.00 bits per heavy atom. The van der Waals surface area contributed by atoms with Crippen molar-refractivity contribution in [2.75, 3.05) is 12.8 Å². The van der Waals surface area contributed by atoms with Crippen LogP contribution in [0.5, 0.6) is 0 Å². The van der Waals surface area contributed by atoms with Gasteiger partial charge in [0.1, 0.15) is 11.7 Å². The van der Waals surface area contributed by atoms with Crippen LogP contribution in [0.3, 0.4) is 0 Å². The first-order chi connectivity index (χ1) is 14.2. The lowest BCUT2D eigenvalue weighted by Gasteiger charge is -2.41. The largest absolute Gasteiger partial charge is 0.478 e. The van der Waals surface area contributed by atoms with E-state index in [1.54, 1.807) is 0 Å². The van der Waals surface area contributed by atoms with E-state index >= 15 is 0 Å². The van der Waals surface area contributed by atoms with Gasteiger partial charge in [0.25, 0.3) is 11.8 Å². The van der Waals surface area contributed by atoms with Crippen molar-refractivity contribution < 1.29 is 46.8 Å². The number of nitrogens with two attached hydrogens (primary N) is 1. The van der Waals surface area contributed by atoms with Gasteiger partial charge in [-0.15, -0.1) is 11.3 Å². The molecule has 5 N–H and O–H groups in total. The average Bonchev–Trinajstić information content (AvgIpc) is 3.07. The van der Waals surface area contributed by atoms with Crippen molar-refractivity contribution in [1.29, 1.82) is 0 Å². The lowest BCUT2D eigenvalue weighted by molar-refractivity contribution is -0.162. The number of β-lactam (4-membered cyclic amide) rings is 1. The molecule has 0 spiro atoms. The molecule has 1 fully saturated rings. The van der Waals surface area contributed by atoms with Gasteiger partial charge in [-0.3, -0.25) is 14.1 Å². The number of aromatic nitrogens is 1. The molecule has 0 saturated carbocycles. The topological polar surface area (TPSA) is 228 Å². The zero-order valence-corrected chi connectivity index (χ0v) is 17.8. The Labute approximate surface area is 178 Å². The van der Waals surface area contributed by atoms with Crippen LogP contribution in [0.2, 0.25) is 0 Å². The van der Waals surface area contributed by atoms with Crippen LogP contribution in [0, 0.1) is 0 Å². The highest BCUT2D eigenvalue weighted by molar-refractivity contribution is 7.84. The summed E-state index contributed by atoms with van der Waals surface area (Å²) < 4.78 is 36.0. The number of thiazole rings is 1. The molecule has 15 nitrogen and oxygen atoms in total. The summed E-state index contributed by atoms with van der Waals surface area (Å²) in [6.45, 7) is 2.30. The monoisotopic (exact) mass is 479 g/mol. The maximum Gasteiger partial charge on any atom is 0.363 e. The lowest BCUT2D eigenvalue weighted by Crippen LogP contribution is -2.74. The van der Waals surface area contributed by atoms with E-state index < -0.39 is 57.5 Å². The third kappa shape index (κ3) is 4.89. The predicted octanol–water partition coefficient (Wildman–Crippen LogP) is -2.02. The molecule has 17 heteroatoms. The summed E-state index contributed by atoms with van der Waals surface area (Å²) in [6, 6.07) is -3.62. The van der Waals surface area contributed by atoms with E-state index in [0.717, 1.165) is 32.3 Å². The van der Waals surface area contributed by atoms with Gasteiger partial charge < -0.3 is 25.7 Å². The number of oxime groups is 1. The molecule has 2 atom stereocenters. The number of rotatable bonds is 8. The Morgan fingerprint density at radius 1 is 1.39 bits per heavy atom. The van der Waals surface area contributed by atoms with Gasteiger partial charge in [-0.05, 0) is 13.8 Å². The molecule has 2 amide bonds. The number of amides is 2. The number of nitrogen functional groups attached to an aromatic ring is 1. The van der Waals surface area contributed by atoms with E-state index in [1.165, 1.54) is 5.38 Å². The number of carboxylic acids is 1. The van der Waals surface area contributed by atoms with Crippen LogP contribution in [-0.4, -0.2) is 81.6 Å². The number of nitrogens with zero attached hydrogens (tertiary/aromatic N) is 3. The number of esters is 1. The van der Waals surface area contributed by atoms with E-state index in [-0.39, 0.29) is 15.1 Å². The Kier molecular flexibility index (Phi) is 6.52. The van der Waals surface area contributed by atoms with Crippen molar-refractivity contribution in [3.05, 3.63) is 11.1 Å². The zero-order chi connectivity index (χ0) is 23.7.